The summed E-state index contributed by atoms with van der Waals surface area (Å²) < 4.78 is 24.9. The van der Waals surface area contributed by atoms with Crippen molar-refractivity contribution in [2.45, 2.75) is 18.7 Å². The maximum Gasteiger partial charge on any atom is 0.255 e. The Morgan fingerprint density at radius 1 is 1.41 bits per heavy atom. The summed E-state index contributed by atoms with van der Waals surface area (Å²) in [7, 11) is -3.61. The van der Waals surface area contributed by atoms with Crippen molar-refractivity contribution in [2.24, 2.45) is 5.84 Å². The van der Waals surface area contributed by atoms with Crippen molar-refractivity contribution in [2.75, 3.05) is 6.54 Å². The molecule has 4 nitrogen and oxygen atoms in total. The second kappa shape index (κ2) is 5.77. The molecule has 1 aromatic carbocycles. The number of hydrogen-bond donors (Lipinski definition) is 1. The van der Waals surface area contributed by atoms with E-state index < -0.39 is 10.0 Å². The molecular weight excluding hydrogens is 304 g/mol. The number of nitrogens with two attached hydrogens (primary N) is 1. The number of sulfonamides is 1. The van der Waals surface area contributed by atoms with Gasteiger partial charge in [-0.2, -0.15) is 0 Å². The van der Waals surface area contributed by atoms with E-state index in [1.165, 1.54) is 0 Å². The van der Waals surface area contributed by atoms with Gasteiger partial charge in [0.15, 0.2) is 0 Å². The summed E-state index contributed by atoms with van der Waals surface area (Å²) in [6.07, 6.45) is 0. The van der Waals surface area contributed by atoms with Crippen LogP contribution in [-0.4, -0.2) is 19.4 Å². The standard InChI is InChI=1S/C11H15BrN2O2S/c1-9-3-5-11(6-4-9)17(15,16)14(13)8-10(2)7-12/h3-7H,8,13H2,1-2H3/b10-7+. The lowest BCUT2D eigenvalue weighted by molar-refractivity contribution is 0.452. The molecule has 0 fully saturated rings. The monoisotopic (exact) mass is 318 g/mol. The summed E-state index contributed by atoms with van der Waals surface area (Å²) in [6.45, 7) is 3.84. The van der Waals surface area contributed by atoms with Crippen molar-refractivity contribution in [3.63, 3.8) is 0 Å². The summed E-state index contributed by atoms with van der Waals surface area (Å²) in [5, 5.41) is 0. The number of benzene rings is 1. The molecule has 0 radical (unpaired) electrons. The lowest BCUT2D eigenvalue weighted by Crippen LogP contribution is -2.38. The normalized spacial score (nSPS) is 13.1. The van der Waals surface area contributed by atoms with Gasteiger partial charge in [0.25, 0.3) is 10.0 Å². The zero-order valence-electron chi connectivity index (χ0n) is 9.72. The van der Waals surface area contributed by atoms with Crippen LogP contribution in [0, 0.1) is 6.92 Å². The Labute approximate surface area is 110 Å². The third-order valence-corrected chi connectivity index (χ3v) is 4.62. The Bertz CT molecular complexity index is 509. The molecule has 0 aliphatic carbocycles. The average Bonchev–Trinajstić information content (AvgIpc) is 2.29. The van der Waals surface area contributed by atoms with Crippen molar-refractivity contribution in [3.8, 4) is 0 Å². The van der Waals surface area contributed by atoms with Gasteiger partial charge in [-0.3, -0.25) is 5.84 Å². The predicted octanol–water partition coefficient (Wildman–Crippen LogP) is 2.16. The van der Waals surface area contributed by atoms with Gasteiger partial charge in [-0.05, 0) is 36.5 Å². The fourth-order valence-electron chi connectivity index (χ4n) is 1.21. The van der Waals surface area contributed by atoms with Gasteiger partial charge in [-0.15, -0.1) is 4.41 Å². The highest BCUT2D eigenvalue weighted by Gasteiger charge is 2.21. The number of nitrogens with zero attached hydrogens (tertiary/aromatic N) is 1. The predicted molar refractivity (Wildman–Crippen MR) is 71.9 cm³/mol. The first-order chi connectivity index (χ1) is 7.87. The first-order valence-electron chi connectivity index (χ1n) is 4.98. The van der Waals surface area contributed by atoms with E-state index in [0.717, 1.165) is 15.6 Å². The minimum atomic E-state index is -3.61. The minimum absolute atomic E-state index is 0.154. The fourth-order valence-corrected chi connectivity index (χ4v) is 2.48. The van der Waals surface area contributed by atoms with Crippen molar-refractivity contribution < 1.29 is 8.42 Å². The average molecular weight is 319 g/mol. The molecule has 0 unspecified atom stereocenters. The van der Waals surface area contributed by atoms with Crippen LogP contribution in [0.25, 0.3) is 0 Å². The van der Waals surface area contributed by atoms with E-state index in [2.05, 4.69) is 15.9 Å². The molecule has 0 aromatic heterocycles. The van der Waals surface area contributed by atoms with Crippen LogP contribution in [0.15, 0.2) is 39.7 Å². The lowest BCUT2D eigenvalue weighted by Gasteiger charge is -2.16. The Morgan fingerprint density at radius 2 is 1.94 bits per heavy atom. The number of hydrogen-bond acceptors (Lipinski definition) is 3. The minimum Gasteiger partial charge on any atom is -0.254 e. The number of rotatable bonds is 4. The van der Waals surface area contributed by atoms with Crippen molar-refractivity contribution in [1.82, 2.24) is 4.41 Å². The first kappa shape index (κ1) is 14.4. The molecule has 0 heterocycles. The molecule has 17 heavy (non-hydrogen) atoms. The summed E-state index contributed by atoms with van der Waals surface area (Å²) in [5.41, 5.74) is 1.83. The highest BCUT2D eigenvalue weighted by molar-refractivity contribution is 9.11. The summed E-state index contributed by atoms with van der Waals surface area (Å²) >= 11 is 3.14. The Hall–Kier alpha value is -0.690. The maximum atomic E-state index is 12.1. The van der Waals surface area contributed by atoms with E-state index >= 15 is 0 Å². The number of halogens is 1. The van der Waals surface area contributed by atoms with Gasteiger partial charge in [-0.25, -0.2) is 8.42 Å². The second-order valence-corrected chi connectivity index (χ2v) is 6.17. The van der Waals surface area contributed by atoms with E-state index in [9.17, 15) is 8.42 Å². The Morgan fingerprint density at radius 3 is 2.41 bits per heavy atom. The molecular formula is C11H15BrN2O2S. The van der Waals surface area contributed by atoms with E-state index in [1.807, 2.05) is 6.92 Å². The number of hydrazine groups is 1. The molecule has 2 N–H and O–H groups in total. The van der Waals surface area contributed by atoms with Crippen molar-refractivity contribution in [1.29, 1.82) is 0 Å². The molecule has 1 rings (SSSR count). The highest BCUT2D eigenvalue weighted by atomic mass is 79.9. The fraction of sp³-hybridized carbons (Fsp3) is 0.273. The SMILES string of the molecule is C/C(=C\Br)CN(N)S(=O)(=O)c1ccc(C)cc1. The number of aryl methyl sites for hydroxylation is 1. The molecule has 0 aliphatic rings. The van der Waals surface area contributed by atoms with Gasteiger partial charge in [-0.1, -0.05) is 33.6 Å². The topological polar surface area (TPSA) is 63.4 Å². The Balaban J connectivity index is 2.99. The van der Waals surface area contributed by atoms with Crippen LogP contribution in [-0.2, 0) is 10.0 Å². The van der Waals surface area contributed by atoms with Crippen LogP contribution < -0.4 is 5.84 Å². The van der Waals surface area contributed by atoms with Gasteiger partial charge in [0, 0.05) is 0 Å². The molecule has 0 amide bonds. The second-order valence-electron chi connectivity index (χ2n) is 3.82. The van der Waals surface area contributed by atoms with Crippen molar-refractivity contribution >= 4 is 26.0 Å². The molecule has 0 bridgehead atoms. The van der Waals surface area contributed by atoms with Gasteiger partial charge >= 0.3 is 0 Å². The third kappa shape index (κ3) is 3.64. The molecule has 94 valence electrons. The maximum absolute atomic E-state index is 12.1. The van der Waals surface area contributed by atoms with Crippen LogP contribution >= 0.6 is 15.9 Å². The summed E-state index contributed by atoms with van der Waals surface area (Å²) in [4.78, 5) is 1.85. The van der Waals surface area contributed by atoms with Crippen LogP contribution in [0.4, 0.5) is 0 Å². The molecule has 0 aliphatic heterocycles. The summed E-state index contributed by atoms with van der Waals surface area (Å²) in [6, 6.07) is 6.59. The molecule has 0 spiro atoms. The van der Waals surface area contributed by atoms with Crippen molar-refractivity contribution in [3.05, 3.63) is 40.4 Å². The van der Waals surface area contributed by atoms with Crippen LogP contribution in [0.5, 0.6) is 0 Å². The zero-order valence-corrected chi connectivity index (χ0v) is 12.1. The van der Waals surface area contributed by atoms with E-state index in [4.69, 9.17) is 5.84 Å². The zero-order chi connectivity index (χ0) is 13.1. The van der Waals surface area contributed by atoms with Crippen LogP contribution in [0.1, 0.15) is 12.5 Å². The highest BCUT2D eigenvalue weighted by Crippen LogP contribution is 2.15. The molecule has 0 saturated heterocycles. The molecule has 0 atom stereocenters. The van der Waals surface area contributed by atoms with E-state index in [0.29, 0.717) is 0 Å². The van der Waals surface area contributed by atoms with Gasteiger partial charge in [0.2, 0.25) is 0 Å². The van der Waals surface area contributed by atoms with Gasteiger partial charge in [0.05, 0.1) is 11.4 Å². The molecule has 1 aromatic rings. The van der Waals surface area contributed by atoms with Crippen LogP contribution in [0.2, 0.25) is 0 Å². The van der Waals surface area contributed by atoms with E-state index in [-0.39, 0.29) is 11.4 Å². The first-order valence-corrected chi connectivity index (χ1v) is 7.33. The van der Waals surface area contributed by atoms with E-state index in [1.54, 1.807) is 36.2 Å². The molecule has 0 saturated carbocycles. The smallest absolute Gasteiger partial charge is 0.254 e. The van der Waals surface area contributed by atoms with Crippen LogP contribution in [0.3, 0.4) is 0 Å². The summed E-state index contributed by atoms with van der Waals surface area (Å²) in [5.74, 6) is 5.58. The van der Waals surface area contributed by atoms with Gasteiger partial charge < -0.3 is 0 Å². The third-order valence-electron chi connectivity index (χ3n) is 2.22. The lowest BCUT2D eigenvalue weighted by atomic mass is 10.2. The largest absolute Gasteiger partial charge is 0.255 e. The quantitative estimate of drug-likeness (QED) is 0.683. The van der Waals surface area contributed by atoms with Gasteiger partial charge in [0.1, 0.15) is 0 Å². The molecule has 6 heteroatoms. The Kier molecular flexibility index (Phi) is 4.88.